The summed E-state index contributed by atoms with van der Waals surface area (Å²) in [5.74, 6) is -0.166. The smallest absolute Gasteiger partial charge is 0.274 e. The lowest BCUT2D eigenvalue weighted by atomic mass is 10.0. The standard InChI is InChI=1S/C21H25N3O2S/c1-11-7-12(2)9-15(8-11)19-18(23-13(3)27-19)21(26)24-16-6-4-5-14(16)10-17(24)20(22)25/h7-9,14,16-17H,4-6,10H2,1-3H3,(H2,22,25)/t14-,16-,17-/m0/s1. The summed E-state index contributed by atoms with van der Waals surface area (Å²) >= 11 is 1.53. The highest BCUT2D eigenvalue weighted by atomic mass is 32.1. The maximum atomic E-state index is 13.5. The molecule has 1 aliphatic heterocycles. The van der Waals surface area contributed by atoms with Gasteiger partial charge in [0.2, 0.25) is 5.91 Å². The van der Waals surface area contributed by atoms with Crippen LogP contribution in [0.3, 0.4) is 0 Å². The minimum absolute atomic E-state index is 0.115. The number of amides is 2. The number of fused-ring (bicyclic) bond motifs is 1. The molecule has 0 spiro atoms. The molecule has 0 radical (unpaired) electrons. The summed E-state index contributed by atoms with van der Waals surface area (Å²) in [6, 6.07) is 5.90. The Bertz CT molecular complexity index is 900. The van der Waals surface area contributed by atoms with Gasteiger partial charge in [-0.15, -0.1) is 11.3 Å². The highest BCUT2D eigenvalue weighted by molar-refractivity contribution is 7.15. The van der Waals surface area contributed by atoms with E-state index in [-0.39, 0.29) is 11.9 Å². The van der Waals surface area contributed by atoms with Crippen LogP contribution in [0.25, 0.3) is 10.4 Å². The molecule has 1 saturated carbocycles. The lowest BCUT2D eigenvalue weighted by Crippen LogP contribution is -2.47. The average Bonchev–Trinajstić information content (AvgIpc) is 3.26. The Hall–Kier alpha value is -2.21. The van der Waals surface area contributed by atoms with Gasteiger partial charge in [-0.2, -0.15) is 0 Å². The van der Waals surface area contributed by atoms with Crippen LogP contribution in [0, 0.1) is 26.7 Å². The van der Waals surface area contributed by atoms with Gasteiger partial charge in [-0.25, -0.2) is 4.98 Å². The van der Waals surface area contributed by atoms with Crippen LogP contribution in [-0.2, 0) is 4.79 Å². The molecule has 1 aromatic heterocycles. The molecule has 2 amide bonds. The van der Waals surface area contributed by atoms with Gasteiger partial charge in [0.25, 0.3) is 5.91 Å². The zero-order valence-corrected chi connectivity index (χ0v) is 16.8. The van der Waals surface area contributed by atoms with Crippen LogP contribution in [0.5, 0.6) is 0 Å². The maximum Gasteiger partial charge on any atom is 0.274 e. The van der Waals surface area contributed by atoms with Crippen LogP contribution in [0.15, 0.2) is 18.2 Å². The number of aryl methyl sites for hydroxylation is 3. The number of rotatable bonds is 3. The highest BCUT2D eigenvalue weighted by Gasteiger charge is 2.49. The Morgan fingerprint density at radius 3 is 2.52 bits per heavy atom. The van der Waals surface area contributed by atoms with Gasteiger partial charge in [0, 0.05) is 6.04 Å². The van der Waals surface area contributed by atoms with E-state index >= 15 is 0 Å². The number of hydrogen-bond donors (Lipinski definition) is 1. The maximum absolute atomic E-state index is 13.5. The number of carbonyl (C=O) groups excluding carboxylic acids is 2. The molecule has 142 valence electrons. The summed E-state index contributed by atoms with van der Waals surface area (Å²) in [6.07, 6.45) is 3.80. The van der Waals surface area contributed by atoms with Crippen molar-refractivity contribution in [3.8, 4) is 10.4 Å². The number of hydrogen-bond acceptors (Lipinski definition) is 4. The number of thiazole rings is 1. The van der Waals surface area contributed by atoms with E-state index in [0.717, 1.165) is 45.8 Å². The Kier molecular flexibility index (Phi) is 4.54. The molecule has 3 atom stereocenters. The van der Waals surface area contributed by atoms with Crippen molar-refractivity contribution >= 4 is 23.2 Å². The Morgan fingerprint density at radius 1 is 1.15 bits per heavy atom. The van der Waals surface area contributed by atoms with Gasteiger partial charge in [0.1, 0.15) is 11.7 Å². The summed E-state index contributed by atoms with van der Waals surface area (Å²) in [5, 5.41) is 0.852. The Morgan fingerprint density at radius 2 is 1.85 bits per heavy atom. The molecule has 2 heterocycles. The fourth-order valence-electron chi connectivity index (χ4n) is 4.83. The molecule has 1 aliphatic carbocycles. The summed E-state index contributed by atoms with van der Waals surface area (Å²) in [6.45, 7) is 6.03. The molecule has 5 nitrogen and oxygen atoms in total. The van der Waals surface area contributed by atoms with E-state index in [9.17, 15) is 9.59 Å². The second kappa shape index (κ2) is 6.75. The minimum atomic E-state index is -0.512. The number of likely N-dealkylation sites (tertiary alicyclic amines) is 1. The molecule has 2 N–H and O–H groups in total. The molecule has 6 heteroatoms. The number of nitrogens with two attached hydrogens (primary N) is 1. The molecule has 4 rings (SSSR count). The van der Waals surface area contributed by atoms with Crippen molar-refractivity contribution in [2.24, 2.45) is 11.7 Å². The molecular formula is C21H25N3O2S. The first-order chi connectivity index (χ1) is 12.8. The van der Waals surface area contributed by atoms with Crippen molar-refractivity contribution in [2.75, 3.05) is 0 Å². The van der Waals surface area contributed by atoms with Crippen molar-refractivity contribution < 1.29 is 9.59 Å². The van der Waals surface area contributed by atoms with Crippen LogP contribution >= 0.6 is 11.3 Å². The van der Waals surface area contributed by atoms with Gasteiger partial charge in [-0.3, -0.25) is 9.59 Å². The van der Waals surface area contributed by atoms with E-state index in [1.807, 2.05) is 6.92 Å². The van der Waals surface area contributed by atoms with Gasteiger partial charge >= 0.3 is 0 Å². The summed E-state index contributed by atoms with van der Waals surface area (Å²) in [4.78, 5) is 32.8. The van der Waals surface area contributed by atoms with Crippen molar-refractivity contribution in [2.45, 2.75) is 58.5 Å². The van der Waals surface area contributed by atoms with Gasteiger partial charge in [0.15, 0.2) is 0 Å². The van der Waals surface area contributed by atoms with Crippen LogP contribution in [0.4, 0.5) is 0 Å². The van der Waals surface area contributed by atoms with Gasteiger partial charge in [-0.05, 0) is 51.5 Å². The lowest BCUT2D eigenvalue weighted by Gasteiger charge is -2.28. The average molecular weight is 384 g/mol. The summed E-state index contributed by atoms with van der Waals surface area (Å²) in [5.41, 5.74) is 9.43. The quantitative estimate of drug-likeness (QED) is 0.880. The molecule has 2 aliphatic rings. The zero-order chi connectivity index (χ0) is 19.3. The molecule has 27 heavy (non-hydrogen) atoms. The summed E-state index contributed by atoms with van der Waals surface area (Å²) < 4.78 is 0. The highest BCUT2D eigenvalue weighted by Crippen LogP contribution is 2.43. The number of primary amides is 1. The fourth-order valence-corrected chi connectivity index (χ4v) is 5.73. The summed E-state index contributed by atoms with van der Waals surface area (Å²) in [7, 11) is 0. The van der Waals surface area contributed by atoms with E-state index in [2.05, 4.69) is 37.0 Å². The minimum Gasteiger partial charge on any atom is -0.368 e. The second-order valence-corrected chi connectivity index (χ2v) is 9.11. The van der Waals surface area contributed by atoms with Crippen molar-refractivity contribution in [1.82, 2.24) is 9.88 Å². The third-order valence-corrected chi connectivity index (χ3v) is 6.84. The topological polar surface area (TPSA) is 76.3 Å². The monoisotopic (exact) mass is 383 g/mol. The predicted molar refractivity (Wildman–Crippen MR) is 107 cm³/mol. The Labute approximate surface area is 163 Å². The third-order valence-electron chi connectivity index (χ3n) is 5.82. The van der Waals surface area contributed by atoms with Crippen LogP contribution in [0.2, 0.25) is 0 Å². The van der Waals surface area contributed by atoms with E-state index in [4.69, 9.17) is 5.73 Å². The first kappa shape index (κ1) is 18.2. The SMILES string of the molecule is Cc1cc(C)cc(-c2sc(C)nc2C(=O)N2[C@H](C(N)=O)C[C@@H]3CCC[C@@H]32)c1. The molecule has 0 unspecified atom stereocenters. The van der Waals surface area contributed by atoms with Crippen molar-refractivity contribution in [1.29, 1.82) is 0 Å². The fraction of sp³-hybridized carbons (Fsp3) is 0.476. The second-order valence-electron chi connectivity index (χ2n) is 7.91. The van der Waals surface area contributed by atoms with Crippen LogP contribution < -0.4 is 5.73 Å². The van der Waals surface area contributed by atoms with E-state index < -0.39 is 11.9 Å². The van der Waals surface area contributed by atoms with Gasteiger partial charge < -0.3 is 10.6 Å². The van der Waals surface area contributed by atoms with Gasteiger partial charge in [-0.1, -0.05) is 35.7 Å². The molecular weight excluding hydrogens is 358 g/mol. The van der Waals surface area contributed by atoms with Gasteiger partial charge in [0.05, 0.1) is 9.88 Å². The lowest BCUT2D eigenvalue weighted by molar-refractivity contribution is -0.122. The van der Waals surface area contributed by atoms with E-state index in [0.29, 0.717) is 18.0 Å². The molecule has 2 fully saturated rings. The largest absolute Gasteiger partial charge is 0.368 e. The normalized spacial score (nSPS) is 24.3. The van der Waals surface area contributed by atoms with Crippen molar-refractivity contribution in [3.05, 3.63) is 40.0 Å². The molecule has 1 aromatic carbocycles. The number of nitrogens with zero attached hydrogens (tertiary/aromatic N) is 2. The zero-order valence-electron chi connectivity index (χ0n) is 16.0. The van der Waals surface area contributed by atoms with E-state index in [1.54, 1.807) is 4.90 Å². The molecule has 1 saturated heterocycles. The Balaban J connectivity index is 1.77. The molecule has 2 aromatic rings. The first-order valence-electron chi connectivity index (χ1n) is 9.53. The molecule has 0 bridgehead atoms. The van der Waals surface area contributed by atoms with Crippen LogP contribution in [-0.4, -0.2) is 33.8 Å². The van der Waals surface area contributed by atoms with E-state index in [1.165, 1.54) is 11.3 Å². The number of aromatic nitrogens is 1. The number of carbonyl (C=O) groups is 2. The van der Waals surface area contributed by atoms with Crippen LogP contribution in [0.1, 0.15) is 52.3 Å². The van der Waals surface area contributed by atoms with Crippen molar-refractivity contribution in [3.63, 3.8) is 0 Å². The first-order valence-corrected chi connectivity index (χ1v) is 10.3. The number of benzene rings is 1. The third kappa shape index (κ3) is 3.16. The predicted octanol–water partition coefficient (Wildman–Crippen LogP) is 3.60.